The number of para-hydroxylation sites is 2. The van der Waals surface area contributed by atoms with Crippen LogP contribution < -0.4 is 21.1 Å². The van der Waals surface area contributed by atoms with Crippen LogP contribution in [0.3, 0.4) is 0 Å². The Morgan fingerprint density at radius 3 is 2.19 bits per heavy atom. The molecule has 8 heteroatoms. The number of hydrogen-bond donors (Lipinski definition) is 3. The summed E-state index contributed by atoms with van der Waals surface area (Å²) in [5.41, 5.74) is 14.3. The summed E-state index contributed by atoms with van der Waals surface area (Å²) in [4.78, 5) is 4.55. The van der Waals surface area contributed by atoms with Gasteiger partial charge >= 0.3 is 0 Å². The molecule has 1 atom stereocenters. The zero-order valence-corrected chi connectivity index (χ0v) is 16.8. The Balaban J connectivity index is 0.00000182. The summed E-state index contributed by atoms with van der Waals surface area (Å²) in [6.45, 7) is 4.48. The van der Waals surface area contributed by atoms with Gasteiger partial charge in [-0.1, -0.05) is 12.1 Å². The maximum atomic E-state index is 10.2. The van der Waals surface area contributed by atoms with Crippen LogP contribution in [0, 0.1) is 0 Å². The lowest BCUT2D eigenvalue weighted by atomic mass is 10.2. The van der Waals surface area contributed by atoms with Crippen LogP contribution in [0.4, 0.5) is 17.1 Å². The number of β-amino-alcohol motifs (C(OH)–C–C–N with tert-alkyl or cyclic N) is 1. The van der Waals surface area contributed by atoms with Crippen molar-refractivity contribution in [3.63, 3.8) is 0 Å². The molecule has 150 valence electrons. The number of benzene rings is 2. The van der Waals surface area contributed by atoms with Gasteiger partial charge in [0.1, 0.15) is 18.5 Å². The molecule has 0 amide bonds. The molecule has 1 aliphatic rings. The molecule has 1 aliphatic heterocycles. The monoisotopic (exact) mass is 414 g/mol. The van der Waals surface area contributed by atoms with E-state index >= 15 is 0 Å². The van der Waals surface area contributed by atoms with Crippen molar-refractivity contribution in [2.75, 3.05) is 55.7 Å². The summed E-state index contributed by atoms with van der Waals surface area (Å²) in [5.74, 6) is 0.720. The molecule has 0 bridgehead atoms. The topological polar surface area (TPSA) is 88.0 Å². The summed E-state index contributed by atoms with van der Waals surface area (Å²) >= 11 is 0. The van der Waals surface area contributed by atoms with E-state index in [1.165, 1.54) is 0 Å². The first kappa shape index (κ1) is 23.2. The Kier molecular flexibility index (Phi) is 9.52. The van der Waals surface area contributed by atoms with Crippen molar-refractivity contribution in [3.8, 4) is 5.75 Å². The molecule has 2 aromatic rings. The Bertz CT molecular complexity index is 680. The first-order valence-electron chi connectivity index (χ1n) is 8.60. The van der Waals surface area contributed by atoms with Gasteiger partial charge in [0, 0.05) is 38.4 Å². The summed E-state index contributed by atoms with van der Waals surface area (Å²) in [5, 5.41) is 10.2. The van der Waals surface area contributed by atoms with Gasteiger partial charge in [-0.2, -0.15) is 0 Å². The maximum absolute atomic E-state index is 10.2. The van der Waals surface area contributed by atoms with E-state index < -0.39 is 6.10 Å². The Labute approximate surface area is 172 Å². The molecule has 0 aliphatic carbocycles. The molecular weight excluding hydrogens is 387 g/mol. The fourth-order valence-electron chi connectivity index (χ4n) is 3.05. The first-order valence-corrected chi connectivity index (χ1v) is 8.60. The number of aliphatic hydroxyl groups excluding tert-OH is 1. The van der Waals surface area contributed by atoms with E-state index in [9.17, 15) is 5.11 Å². The highest BCUT2D eigenvalue weighted by Gasteiger charge is 2.20. The highest BCUT2D eigenvalue weighted by atomic mass is 35.5. The Morgan fingerprint density at radius 2 is 1.56 bits per heavy atom. The van der Waals surface area contributed by atoms with E-state index in [4.69, 9.17) is 16.2 Å². The highest BCUT2D eigenvalue weighted by Crippen LogP contribution is 2.23. The van der Waals surface area contributed by atoms with Crippen LogP contribution >= 0.6 is 24.8 Å². The molecule has 0 radical (unpaired) electrons. The number of hydrogen-bond acceptors (Lipinski definition) is 6. The van der Waals surface area contributed by atoms with Crippen LogP contribution in [0.1, 0.15) is 0 Å². The normalized spacial score (nSPS) is 15.4. The van der Waals surface area contributed by atoms with Crippen molar-refractivity contribution in [3.05, 3.63) is 48.5 Å². The highest BCUT2D eigenvalue weighted by molar-refractivity contribution is 5.85. The quantitative estimate of drug-likeness (QED) is 0.628. The number of nitrogens with zero attached hydrogens (tertiary/aromatic N) is 2. The number of nitrogen functional groups attached to an aromatic ring is 2. The second kappa shape index (κ2) is 11.1. The summed E-state index contributed by atoms with van der Waals surface area (Å²) in [6.07, 6.45) is -0.522. The van der Waals surface area contributed by atoms with E-state index in [-0.39, 0.29) is 31.4 Å². The Hall–Kier alpha value is -1.86. The number of piperazine rings is 1. The number of halogens is 2. The summed E-state index contributed by atoms with van der Waals surface area (Å²) in [7, 11) is 0. The van der Waals surface area contributed by atoms with Crippen molar-refractivity contribution in [1.29, 1.82) is 0 Å². The van der Waals surface area contributed by atoms with E-state index in [0.29, 0.717) is 12.2 Å². The largest absolute Gasteiger partial charge is 0.491 e. The predicted octanol–water partition coefficient (Wildman–Crippen LogP) is 2.26. The zero-order valence-electron chi connectivity index (χ0n) is 15.2. The van der Waals surface area contributed by atoms with Gasteiger partial charge in [0.05, 0.1) is 11.4 Å². The molecule has 1 saturated heterocycles. The molecule has 0 spiro atoms. The first-order chi connectivity index (χ1) is 12.1. The van der Waals surface area contributed by atoms with Gasteiger partial charge in [-0.05, 0) is 36.4 Å². The predicted molar refractivity (Wildman–Crippen MR) is 116 cm³/mol. The standard InChI is InChI=1S/C19H26N4O2.2ClH/c20-15-5-7-17(8-6-15)25-14-16(24)13-22-9-11-23(12-10-22)19-4-2-1-3-18(19)21;;/h1-8,16,24H,9-14,20-21H2;2*1H. The third-order valence-electron chi connectivity index (χ3n) is 4.44. The lowest BCUT2D eigenvalue weighted by Crippen LogP contribution is -2.49. The smallest absolute Gasteiger partial charge is 0.119 e. The Morgan fingerprint density at radius 1 is 0.926 bits per heavy atom. The van der Waals surface area contributed by atoms with Crippen molar-refractivity contribution in [2.45, 2.75) is 6.10 Å². The van der Waals surface area contributed by atoms with Crippen LogP contribution in [-0.2, 0) is 0 Å². The number of nitrogens with two attached hydrogens (primary N) is 2. The number of anilines is 3. The van der Waals surface area contributed by atoms with Gasteiger partial charge in [-0.25, -0.2) is 0 Å². The lowest BCUT2D eigenvalue weighted by Gasteiger charge is -2.37. The van der Waals surface area contributed by atoms with E-state index in [0.717, 1.165) is 43.3 Å². The van der Waals surface area contributed by atoms with E-state index in [2.05, 4.69) is 15.9 Å². The van der Waals surface area contributed by atoms with Crippen LogP contribution in [0.5, 0.6) is 5.75 Å². The van der Waals surface area contributed by atoms with Crippen molar-refractivity contribution in [1.82, 2.24) is 4.90 Å². The lowest BCUT2D eigenvalue weighted by molar-refractivity contribution is 0.0663. The van der Waals surface area contributed by atoms with Crippen molar-refractivity contribution in [2.24, 2.45) is 0 Å². The SMILES string of the molecule is Cl.Cl.Nc1ccc(OCC(O)CN2CCN(c3ccccc3N)CC2)cc1. The van der Waals surface area contributed by atoms with Crippen LogP contribution in [0.2, 0.25) is 0 Å². The van der Waals surface area contributed by atoms with Crippen molar-refractivity contribution >= 4 is 41.9 Å². The number of ether oxygens (including phenoxy) is 1. The fraction of sp³-hybridized carbons (Fsp3) is 0.368. The average Bonchev–Trinajstić information content (AvgIpc) is 2.62. The maximum Gasteiger partial charge on any atom is 0.119 e. The third kappa shape index (κ3) is 6.66. The molecule has 5 N–H and O–H groups in total. The molecule has 0 saturated carbocycles. The van der Waals surface area contributed by atoms with Gasteiger partial charge in [-0.15, -0.1) is 24.8 Å². The molecule has 0 aromatic heterocycles. The van der Waals surface area contributed by atoms with Gasteiger partial charge in [-0.3, -0.25) is 4.90 Å². The second-order valence-electron chi connectivity index (χ2n) is 6.38. The van der Waals surface area contributed by atoms with E-state index in [1.807, 2.05) is 30.3 Å². The van der Waals surface area contributed by atoms with Crippen molar-refractivity contribution < 1.29 is 9.84 Å². The minimum atomic E-state index is -0.522. The molecule has 6 nitrogen and oxygen atoms in total. The number of rotatable bonds is 6. The fourth-order valence-corrected chi connectivity index (χ4v) is 3.05. The molecule has 2 aromatic carbocycles. The van der Waals surface area contributed by atoms with Crippen LogP contribution in [-0.4, -0.2) is 55.4 Å². The number of aliphatic hydroxyl groups is 1. The van der Waals surface area contributed by atoms with Crippen LogP contribution in [0.15, 0.2) is 48.5 Å². The molecular formula is C19H28Cl2N4O2. The van der Waals surface area contributed by atoms with E-state index in [1.54, 1.807) is 12.1 Å². The molecule has 27 heavy (non-hydrogen) atoms. The zero-order chi connectivity index (χ0) is 17.6. The van der Waals surface area contributed by atoms with Gasteiger partial charge < -0.3 is 26.2 Å². The van der Waals surface area contributed by atoms with Gasteiger partial charge in [0.25, 0.3) is 0 Å². The minimum absolute atomic E-state index is 0. The average molecular weight is 415 g/mol. The molecule has 1 fully saturated rings. The van der Waals surface area contributed by atoms with Gasteiger partial charge in [0.2, 0.25) is 0 Å². The van der Waals surface area contributed by atoms with Crippen LogP contribution in [0.25, 0.3) is 0 Å². The minimum Gasteiger partial charge on any atom is -0.491 e. The summed E-state index contributed by atoms with van der Waals surface area (Å²) < 4.78 is 5.61. The third-order valence-corrected chi connectivity index (χ3v) is 4.44. The summed E-state index contributed by atoms with van der Waals surface area (Å²) in [6, 6.07) is 15.1. The molecule has 3 rings (SSSR count). The molecule has 1 heterocycles. The molecule has 1 unspecified atom stereocenters. The second-order valence-corrected chi connectivity index (χ2v) is 6.38. The van der Waals surface area contributed by atoms with Gasteiger partial charge in [0.15, 0.2) is 0 Å².